The van der Waals surface area contributed by atoms with Crippen molar-refractivity contribution in [2.45, 2.75) is 26.7 Å². The number of carbonyl (C=O) groups is 1. The van der Waals surface area contributed by atoms with E-state index in [1.54, 1.807) is 13.0 Å². The molecule has 0 bridgehead atoms. The number of fused-ring (bicyclic) bond motifs is 1. The molecule has 4 nitrogen and oxygen atoms in total. The highest BCUT2D eigenvalue weighted by molar-refractivity contribution is 7.17. The predicted molar refractivity (Wildman–Crippen MR) is 136 cm³/mol. The molecule has 2 heterocycles. The minimum Gasteiger partial charge on any atom is -0.494 e. The Morgan fingerprint density at radius 3 is 2.72 bits per heavy atom. The third kappa shape index (κ3) is 5.78. The molecule has 0 aliphatic carbocycles. The summed E-state index contributed by atoms with van der Waals surface area (Å²) < 4.78 is 7.33. The van der Waals surface area contributed by atoms with Crippen molar-refractivity contribution in [2.75, 3.05) is 44.2 Å². The molecule has 0 N–H and O–H groups in total. The molecule has 168 valence electrons. The summed E-state index contributed by atoms with van der Waals surface area (Å²) in [7, 11) is 0. The fourth-order valence-electron chi connectivity index (χ4n) is 4.23. The highest BCUT2D eigenvalue weighted by Crippen LogP contribution is 2.31. The summed E-state index contributed by atoms with van der Waals surface area (Å²) >= 11 is 1.82. The fourth-order valence-corrected chi connectivity index (χ4v) is 5.03. The Hall–Kier alpha value is -2.63. The van der Waals surface area contributed by atoms with Crippen molar-refractivity contribution in [3.05, 3.63) is 65.0 Å². The number of anilines is 1. The molecule has 0 unspecified atom stereocenters. The van der Waals surface area contributed by atoms with Crippen LogP contribution in [0.1, 0.15) is 30.9 Å². The number of rotatable bonds is 9. The van der Waals surface area contributed by atoms with Gasteiger partial charge in [-0.2, -0.15) is 0 Å². The van der Waals surface area contributed by atoms with Gasteiger partial charge in [0, 0.05) is 42.0 Å². The first-order chi connectivity index (χ1) is 15.6. The van der Waals surface area contributed by atoms with Crippen molar-refractivity contribution >= 4 is 39.0 Å². The molecule has 1 aromatic heterocycles. The van der Waals surface area contributed by atoms with E-state index in [0.29, 0.717) is 0 Å². The third-order valence-corrected chi connectivity index (χ3v) is 6.94. The summed E-state index contributed by atoms with van der Waals surface area (Å²) in [5, 5.41) is 3.58. The first-order valence-electron chi connectivity index (χ1n) is 11.5. The Morgan fingerprint density at radius 1 is 1.09 bits per heavy atom. The van der Waals surface area contributed by atoms with E-state index in [9.17, 15) is 4.79 Å². The summed E-state index contributed by atoms with van der Waals surface area (Å²) in [5.41, 5.74) is 3.56. The predicted octanol–water partition coefficient (Wildman–Crippen LogP) is 5.79. The van der Waals surface area contributed by atoms with Crippen molar-refractivity contribution < 1.29 is 9.53 Å². The lowest BCUT2D eigenvalue weighted by Gasteiger charge is -2.36. The first kappa shape index (κ1) is 22.6. The van der Waals surface area contributed by atoms with Crippen LogP contribution in [0, 0.1) is 6.92 Å². The van der Waals surface area contributed by atoms with E-state index in [-0.39, 0.29) is 5.78 Å². The van der Waals surface area contributed by atoms with E-state index in [4.69, 9.17) is 4.74 Å². The molecule has 0 amide bonds. The molecule has 32 heavy (non-hydrogen) atoms. The van der Waals surface area contributed by atoms with E-state index in [1.165, 1.54) is 15.8 Å². The minimum atomic E-state index is 0.0611. The summed E-state index contributed by atoms with van der Waals surface area (Å²) in [4.78, 5) is 16.2. The van der Waals surface area contributed by atoms with Crippen LogP contribution in [0.3, 0.4) is 0 Å². The topological polar surface area (TPSA) is 32.8 Å². The van der Waals surface area contributed by atoms with Crippen LogP contribution in [0.5, 0.6) is 5.75 Å². The zero-order valence-electron chi connectivity index (χ0n) is 19.0. The Balaban J connectivity index is 1.16. The van der Waals surface area contributed by atoms with Gasteiger partial charge in [-0.1, -0.05) is 18.2 Å². The maximum Gasteiger partial charge on any atom is 0.152 e. The lowest BCUT2D eigenvalue weighted by Crippen LogP contribution is -2.46. The Kier molecular flexibility index (Phi) is 7.61. The average Bonchev–Trinajstić information content (AvgIpc) is 3.28. The van der Waals surface area contributed by atoms with E-state index < -0.39 is 0 Å². The van der Waals surface area contributed by atoms with Crippen LogP contribution in [0.4, 0.5) is 5.69 Å². The molecule has 0 saturated carbocycles. The van der Waals surface area contributed by atoms with Gasteiger partial charge in [-0.25, -0.2) is 0 Å². The number of aryl methyl sites for hydroxylation is 1. The molecule has 0 spiro atoms. The number of allylic oxidation sites excluding steroid dienone is 1. The Bertz CT molecular complexity index is 1080. The zero-order chi connectivity index (χ0) is 22.3. The van der Waals surface area contributed by atoms with E-state index in [1.807, 2.05) is 42.5 Å². The number of nitrogens with zero attached hydrogens (tertiary/aromatic N) is 2. The number of hydrogen-bond donors (Lipinski definition) is 0. The van der Waals surface area contributed by atoms with Gasteiger partial charge in [0.2, 0.25) is 0 Å². The van der Waals surface area contributed by atoms with Gasteiger partial charge in [0.25, 0.3) is 0 Å². The van der Waals surface area contributed by atoms with Gasteiger partial charge in [0.05, 0.1) is 6.61 Å². The SMILES string of the molecule is CC(=O)/C=C\c1ccc(OCCCCN2CCN(c3cccc4sccc34)CC2)cc1C. The smallest absolute Gasteiger partial charge is 0.152 e. The second-order valence-electron chi connectivity index (χ2n) is 8.46. The molecule has 4 rings (SSSR count). The van der Waals surface area contributed by atoms with Crippen LogP contribution in [0.2, 0.25) is 0 Å². The third-order valence-electron chi connectivity index (χ3n) is 6.06. The molecule has 3 aromatic rings. The molecule has 1 aliphatic heterocycles. The fraction of sp³-hybridized carbons (Fsp3) is 0.370. The molecule has 0 atom stereocenters. The number of hydrogen-bond acceptors (Lipinski definition) is 5. The van der Waals surface area contributed by atoms with Gasteiger partial charge < -0.3 is 9.64 Å². The molecule has 1 aliphatic rings. The molecular formula is C27H32N2O2S. The average molecular weight is 449 g/mol. The van der Waals surface area contributed by atoms with Crippen LogP contribution < -0.4 is 9.64 Å². The van der Waals surface area contributed by atoms with Gasteiger partial charge in [-0.15, -0.1) is 11.3 Å². The van der Waals surface area contributed by atoms with Crippen molar-refractivity contribution in [2.24, 2.45) is 0 Å². The van der Waals surface area contributed by atoms with Crippen LogP contribution in [0.25, 0.3) is 16.2 Å². The quantitative estimate of drug-likeness (QED) is 0.306. The number of ketones is 1. The number of carbonyl (C=O) groups excluding carboxylic acids is 1. The normalized spacial score (nSPS) is 15.0. The minimum absolute atomic E-state index is 0.0611. The van der Waals surface area contributed by atoms with Gasteiger partial charge in [-0.05, 0) is 86.1 Å². The molecule has 5 heteroatoms. The molecule has 1 fully saturated rings. The number of unbranched alkanes of at least 4 members (excludes halogenated alkanes) is 1. The zero-order valence-corrected chi connectivity index (χ0v) is 19.9. The van der Waals surface area contributed by atoms with Crippen LogP contribution in [0.15, 0.2) is 53.9 Å². The molecular weight excluding hydrogens is 416 g/mol. The van der Waals surface area contributed by atoms with Gasteiger partial charge in [-0.3, -0.25) is 9.69 Å². The van der Waals surface area contributed by atoms with Crippen molar-refractivity contribution in [1.82, 2.24) is 4.90 Å². The lowest BCUT2D eigenvalue weighted by molar-refractivity contribution is -0.112. The number of benzene rings is 2. The van der Waals surface area contributed by atoms with E-state index in [2.05, 4.69) is 39.4 Å². The molecule has 1 saturated heterocycles. The number of ether oxygens (including phenoxy) is 1. The van der Waals surface area contributed by atoms with Crippen molar-refractivity contribution in [1.29, 1.82) is 0 Å². The summed E-state index contributed by atoms with van der Waals surface area (Å²) in [6.07, 6.45) is 5.67. The monoisotopic (exact) mass is 448 g/mol. The standard InChI is InChI=1S/C27H32N2O2S/c1-21-20-24(11-10-23(21)9-8-22(2)30)31-18-4-3-13-28-14-16-29(17-15-28)26-6-5-7-27-25(26)12-19-32-27/h5-12,19-20H,3-4,13-18H2,1-2H3/b9-8-. The van der Waals surface area contributed by atoms with Crippen molar-refractivity contribution in [3.8, 4) is 5.75 Å². The Labute approximate surface area is 195 Å². The van der Waals surface area contributed by atoms with Crippen LogP contribution >= 0.6 is 11.3 Å². The van der Waals surface area contributed by atoms with Gasteiger partial charge in [0.15, 0.2) is 5.78 Å². The maximum absolute atomic E-state index is 11.1. The maximum atomic E-state index is 11.1. The lowest BCUT2D eigenvalue weighted by atomic mass is 10.1. The van der Waals surface area contributed by atoms with Crippen LogP contribution in [-0.2, 0) is 4.79 Å². The second-order valence-corrected chi connectivity index (χ2v) is 9.40. The Morgan fingerprint density at radius 2 is 1.94 bits per heavy atom. The summed E-state index contributed by atoms with van der Waals surface area (Å²) in [6, 6.07) is 14.9. The van der Waals surface area contributed by atoms with Gasteiger partial charge >= 0.3 is 0 Å². The molecule has 2 aromatic carbocycles. The van der Waals surface area contributed by atoms with Gasteiger partial charge in [0.1, 0.15) is 5.75 Å². The summed E-state index contributed by atoms with van der Waals surface area (Å²) in [5.74, 6) is 0.963. The summed E-state index contributed by atoms with van der Waals surface area (Å²) in [6.45, 7) is 9.91. The largest absolute Gasteiger partial charge is 0.494 e. The van der Waals surface area contributed by atoms with E-state index >= 15 is 0 Å². The highest BCUT2D eigenvalue weighted by atomic mass is 32.1. The van der Waals surface area contributed by atoms with E-state index in [0.717, 1.165) is 69.0 Å². The van der Waals surface area contributed by atoms with Crippen LogP contribution in [-0.4, -0.2) is 50.0 Å². The number of piperazine rings is 1. The highest BCUT2D eigenvalue weighted by Gasteiger charge is 2.18. The van der Waals surface area contributed by atoms with Crippen molar-refractivity contribution in [3.63, 3.8) is 0 Å². The number of thiophene rings is 1. The second kappa shape index (κ2) is 10.8. The first-order valence-corrected chi connectivity index (χ1v) is 12.3. The molecule has 0 radical (unpaired) electrons.